The zero-order valence-corrected chi connectivity index (χ0v) is 14.5. The SMILES string of the molecule is COc1cccc2[nH]c3c(=O)n(N=Cc4ccc([N+](=O)[O-])cc4)c(=O)[nH]c3c12. The summed E-state index contributed by atoms with van der Waals surface area (Å²) in [5.41, 5.74) is 0.233. The highest BCUT2D eigenvalue weighted by Crippen LogP contribution is 2.29. The molecule has 0 fully saturated rings. The summed E-state index contributed by atoms with van der Waals surface area (Å²) in [5.74, 6) is 0.519. The van der Waals surface area contributed by atoms with E-state index in [1.807, 2.05) is 0 Å². The fourth-order valence-electron chi connectivity index (χ4n) is 2.94. The Kier molecular flexibility index (Phi) is 4.00. The van der Waals surface area contributed by atoms with Crippen molar-refractivity contribution in [1.82, 2.24) is 14.6 Å². The van der Waals surface area contributed by atoms with Crippen molar-refractivity contribution in [3.8, 4) is 5.75 Å². The number of nitrogens with one attached hydrogen (secondary N) is 2. The maximum Gasteiger partial charge on any atom is 0.350 e. The van der Waals surface area contributed by atoms with Crippen LogP contribution < -0.4 is 16.0 Å². The van der Waals surface area contributed by atoms with E-state index in [0.29, 0.717) is 32.4 Å². The number of non-ortho nitro benzene ring substituents is 1. The predicted octanol–water partition coefficient (Wildman–Crippen LogP) is 1.97. The molecule has 4 rings (SSSR count). The van der Waals surface area contributed by atoms with Gasteiger partial charge in [0.15, 0.2) is 0 Å². The van der Waals surface area contributed by atoms with Gasteiger partial charge in [-0.3, -0.25) is 14.9 Å². The van der Waals surface area contributed by atoms with Crippen molar-refractivity contribution in [2.75, 3.05) is 7.11 Å². The molecule has 0 atom stereocenters. The van der Waals surface area contributed by atoms with E-state index in [1.165, 1.54) is 37.6 Å². The van der Waals surface area contributed by atoms with E-state index >= 15 is 0 Å². The lowest BCUT2D eigenvalue weighted by atomic mass is 10.2. The molecule has 0 aliphatic rings. The van der Waals surface area contributed by atoms with Crippen molar-refractivity contribution in [3.05, 3.63) is 79.0 Å². The first kappa shape index (κ1) is 17.2. The molecule has 28 heavy (non-hydrogen) atoms. The highest BCUT2D eigenvalue weighted by atomic mass is 16.6. The number of rotatable bonds is 4. The zero-order chi connectivity index (χ0) is 19.8. The smallest absolute Gasteiger partial charge is 0.350 e. The van der Waals surface area contributed by atoms with Crippen LogP contribution in [-0.2, 0) is 0 Å². The van der Waals surface area contributed by atoms with E-state index in [1.54, 1.807) is 18.2 Å². The molecule has 140 valence electrons. The number of nitro groups is 1. The molecule has 0 aliphatic heterocycles. The van der Waals surface area contributed by atoms with Crippen molar-refractivity contribution in [2.24, 2.45) is 5.10 Å². The normalized spacial score (nSPS) is 11.5. The van der Waals surface area contributed by atoms with Crippen molar-refractivity contribution in [1.29, 1.82) is 0 Å². The Bertz CT molecular complexity index is 1360. The van der Waals surface area contributed by atoms with Gasteiger partial charge in [0.05, 0.1) is 34.7 Å². The molecule has 0 saturated carbocycles. The number of ether oxygens (including phenoxy) is 1. The maximum atomic E-state index is 12.8. The Balaban J connectivity index is 1.84. The van der Waals surface area contributed by atoms with Crippen LogP contribution >= 0.6 is 0 Å². The van der Waals surface area contributed by atoms with Crippen LogP contribution in [0, 0.1) is 10.1 Å². The number of hydrogen-bond acceptors (Lipinski definition) is 6. The summed E-state index contributed by atoms with van der Waals surface area (Å²) in [4.78, 5) is 41.0. The van der Waals surface area contributed by atoms with E-state index < -0.39 is 16.2 Å². The molecule has 0 unspecified atom stereocenters. The third-order valence-corrected chi connectivity index (χ3v) is 4.26. The summed E-state index contributed by atoms with van der Waals surface area (Å²) in [6.45, 7) is 0. The molecule has 0 amide bonds. The number of benzene rings is 2. The summed E-state index contributed by atoms with van der Waals surface area (Å²) in [6.07, 6.45) is 1.27. The Hall–Kier alpha value is -4.21. The number of aromatic nitrogens is 3. The second-order valence-electron chi connectivity index (χ2n) is 5.90. The van der Waals surface area contributed by atoms with E-state index in [4.69, 9.17) is 4.74 Å². The number of nitrogens with zero attached hydrogens (tertiary/aromatic N) is 3. The summed E-state index contributed by atoms with van der Waals surface area (Å²) < 4.78 is 5.99. The molecule has 2 N–H and O–H groups in total. The first-order valence-corrected chi connectivity index (χ1v) is 8.12. The Morgan fingerprint density at radius 3 is 2.54 bits per heavy atom. The number of H-pyrrole nitrogens is 2. The van der Waals surface area contributed by atoms with E-state index in [0.717, 1.165) is 0 Å². The lowest BCUT2D eigenvalue weighted by Crippen LogP contribution is -2.32. The standard InChI is InChI=1S/C18H13N5O5/c1-28-13-4-2-3-12-14(13)15-16(20-12)17(24)22(18(25)21-15)19-9-10-5-7-11(8-6-10)23(26)27/h2-9,20H,1H3,(H,21,25). The van der Waals surface area contributed by atoms with Crippen LogP contribution in [0.2, 0.25) is 0 Å². The molecule has 2 aromatic heterocycles. The topological polar surface area (TPSA) is 135 Å². The minimum Gasteiger partial charge on any atom is -0.496 e. The third kappa shape index (κ3) is 2.72. The molecule has 2 heterocycles. The van der Waals surface area contributed by atoms with E-state index in [9.17, 15) is 19.7 Å². The minimum absolute atomic E-state index is 0.0689. The molecule has 0 bridgehead atoms. The monoisotopic (exact) mass is 379 g/mol. The molecular formula is C18H13N5O5. The van der Waals surface area contributed by atoms with Crippen LogP contribution in [0.5, 0.6) is 5.75 Å². The average Bonchev–Trinajstić information content (AvgIpc) is 3.07. The zero-order valence-electron chi connectivity index (χ0n) is 14.5. The number of methoxy groups -OCH3 is 1. The van der Waals surface area contributed by atoms with Crippen molar-refractivity contribution >= 4 is 33.8 Å². The first-order chi connectivity index (χ1) is 13.5. The Morgan fingerprint density at radius 1 is 1.11 bits per heavy atom. The summed E-state index contributed by atoms with van der Waals surface area (Å²) in [6, 6.07) is 10.8. The van der Waals surface area contributed by atoms with Crippen LogP contribution in [0.25, 0.3) is 21.9 Å². The summed E-state index contributed by atoms with van der Waals surface area (Å²) in [5, 5.41) is 15.2. The fraction of sp³-hybridized carbons (Fsp3) is 0.0556. The maximum absolute atomic E-state index is 12.8. The van der Waals surface area contributed by atoms with Gasteiger partial charge in [0.2, 0.25) is 0 Å². The fourth-order valence-corrected chi connectivity index (χ4v) is 2.94. The van der Waals surface area contributed by atoms with Gasteiger partial charge in [0.25, 0.3) is 5.69 Å². The van der Waals surface area contributed by atoms with Gasteiger partial charge in [0.1, 0.15) is 11.3 Å². The average molecular weight is 379 g/mol. The van der Waals surface area contributed by atoms with Gasteiger partial charge in [-0.15, -0.1) is 4.68 Å². The molecule has 0 radical (unpaired) electrons. The van der Waals surface area contributed by atoms with Gasteiger partial charge in [-0.2, -0.15) is 5.10 Å². The van der Waals surface area contributed by atoms with Gasteiger partial charge in [-0.25, -0.2) is 4.79 Å². The third-order valence-electron chi connectivity index (χ3n) is 4.26. The van der Waals surface area contributed by atoms with Crippen molar-refractivity contribution in [3.63, 3.8) is 0 Å². The Labute approximate surface area is 155 Å². The van der Waals surface area contributed by atoms with Crippen molar-refractivity contribution in [2.45, 2.75) is 0 Å². The summed E-state index contributed by atoms with van der Waals surface area (Å²) >= 11 is 0. The highest BCUT2D eigenvalue weighted by Gasteiger charge is 2.15. The molecule has 10 nitrogen and oxygen atoms in total. The summed E-state index contributed by atoms with van der Waals surface area (Å²) in [7, 11) is 1.50. The quantitative estimate of drug-likeness (QED) is 0.317. The van der Waals surface area contributed by atoms with Gasteiger partial charge in [-0.1, -0.05) is 6.07 Å². The number of hydrogen-bond donors (Lipinski definition) is 2. The molecule has 10 heteroatoms. The van der Waals surface area contributed by atoms with Gasteiger partial charge in [-0.05, 0) is 29.8 Å². The van der Waals surface area contributed by atoms with Crippen LogP contribution in [0.15, 0.2) is 57.2 Å². The molecule has 4 aromatic rings. The molecule has 2 aromatic carbocycles. The van der Waals surface area contributed by atoms with Crippen LogP contribution in [0.4, 0.5) is 5.69 Å². The molecule has 0 aliphatic carbocycles. The van der Waals surface area contributed by atoms with E-state index in [2.05, 4.69) is 15.1 Å². The van der Waals surface area contributed by atoms with Gasteiger partial charge >= 0.3 is 11.2 Å². The van der Waals surface area contributed by atoms with Crippen LogP contribution in [-0.4, -0.2) is 32.9 Å². The second-order valence-corrected chi connectivity index (χ2v) is 5.90. The largest absolute Gasteiger partial charge is 0.496 e. The minimum atomic E-state index is -0.720. The molecule has 0 spiro atoms. The predicted molar refractivity (Wildman–Crippen MR) is 103 cm³/mol. The Morgan fingerprint density at radius 2 is 1.86 bits per heavy atom. The lowest BCUT2D eigenvalue weighted by molar-refractivity contribution is -0.384. The van der Waals surface area contributed by atoms with Gasteiger partial charge in [0, 0.05) is 12.1 Å². The number of nitro benzene ring substituents is 1. The number of fused-ring (bicyclic) bond motifs is 3. The first-order valence-electron chi connectivity index (χ1n) is 8.12. The van der Waals surface area contributed by atoms with Crippen LogP contribution in [0.3, 0.4) is 0 Å². The second kappa shape index (κ2) is 6.50. The van der Waals surface area contributed by atoms with Gasteiger partial charge < -0.3 is 14.7 Å². The van der Waals surface area contributed by atoms with E-state index in [-0.39, 0.29) is 11.2 Å². The number of aromatic amines is 2. The molecular weight excluding hydrogens is 366 g/mol. The lowest BCUT2D eigenvalue weighted by Gasteiger charge is -2.01. The van der Waals surface area contributed by atoms with Crippen molar-refractivity contribution < 1.29 is 9.66 Å². The van der Waals surface area contributed by atoms with Crippen LogP contribution in [0.1, 0.15) is 5.56 Å². The molecule has 0 saturated heterocycles. The highest BCUT2D eigenvalue weighted by molar-refractivity contribution is 6.07.